The van der Waals surface area contributed by atoms with Gasteiger partial charge in [0.15, 0.2) is 0 Å². The van der Waals surface area contributed by atoms with Crippen molar-refractivity contribution in [3.8, 4) is 0 Å². The molecule has 1 aromatic carbocycles. The lowest BCUT2D eigenvalue weighted by Crippen LogP contribution is -2.39. The van der Waals surface area contributed by atoms with Crippen molar-refractivity contribution in [1.29, 1.82) is 0 Å². The Kier molecular flexibility index (Phi) is 6.69. The molecule has 1 rings (SSSR count). The normalized spacial score (nSPS) is 13.8. The third-order valence-electron chi connectivity index (χ3n) is 3.45. The van der Waals surface area contributed by atoms with Crippen molar-refractivity contribution >= 4 is 17.5 Å². The summed E-state index contributed by atoms with van der Waals surface area (Å²) < 4.78 is 0. The van der Waals surface area contributed by atoms with E-state index in [0.717, 1.165) is 23.1 Å². The lowest BCUT2D eigenvalue weighted by molar-refractivity contribution is -0.104. The molecule has 0 aliphatic heterocycles. The lowest BCUT2D eigenvalue weighted by atomic mass is 10.0. The second kappa shape index (κ2) is 8.27. The third kappa shape index (κ3) is 4.76. The molecule has 0 heterocycles. The Bertz CT molecular complexity index is 535. The summed E-state index contributed by atoms with van der Waals surface area (Å²) >= 11 is 0. The van der Waals surface area contributed by atoms with Gasteiger partial charge in [-0.05, 0) is 55.8 Å². The number of rotatable bonds is 7. The Morgan fingerprint density at radius 3 is 2.62 bits per heavy atom. The van der Waals surface area contributed by atoms with Gasteiger partial charge in [-0.2, -0.15) is 0 Å². The molecule has 0 aliphatic rings. The minimum absolute atomic E-state index is 0.240. The smallest absolute Gasteiger partial charge is 0.145 e. The number of allylic oxidation sites excluding steroid dienone is 3. The van der Waals surface area contributed by atoms with E-state index in [1.165, 1.54) is 0 Å². The predicted molar refractivity (Wildman–Crippen MR) is 90.2 cm³/mol. The van der Waals surface area contributed by atoms with Crippen molar-refractivity contribution in [2.45, 2.75) is 20.0 Å². The molecule has 4 heteroatoms. The van der Waals surface area contributed by atoms with Gasteiger partial charge in [-0.25, -0.2) is 0 Å². The molecule has 0 fully saturated rings. The van der Waals surface area contributed by atoms with E-state index in [2.05, 4.69) is 34.6 Å². The Morgan fingerprint density at radius 1 is 1.33 bits per heavy atom. The van der Waals surface area contributed by atoms with Crippen LogP contribution < -0.4 is 15.5 Å². The van der Waals surface area contributed by atoms with Crippen LogP contribution in [0.3, 0.4) is 0 Å². The largest absolute Gasteiger partial charge is 0.393 e. The first-order chi connectivity index (χ1) is 10.0. The molecule has 0 saturated heterocycles. The first-order valence-corrected chi connectivity index (χ1v) is 7.05. The Labute approximate surface area is 127 Å². The summed E-state index contributed by atoms with van der Waals surface area (Å²) in [5, 5.41) is 6.25. The van der Waals surface area contributed by atoms with Crippen LogP contribution >= 0.6 is 0 Å². The van der Waals surface area contributed by atoms with Crippen LogP contribution in [0.25, 0.3) is 5.57 Å². The van der Waals surface area contributed by atoms with E-state index >= 15 is 0 Å². The standard InChI is InChI=1S/C17H25N3O/c1-13(12-21)9-16(11-18-3)15-7-6-8-17(10-15)20(5)14(2)19-4/h6-12,14,18-19H,1-5H3/b13-9-,16-11+. The number of hydrogen-bond acceptors (Lipinski definition) is 4. The van der Waals surface area contributed by atoms with Crippen LogP contribution in [-0.4, -0.2) is 33.6 Å². The highest BCUT2D eigenvalue weighted by Crippen LogP contribution is 2.23. The van der Waals surface area contributed by atoms with Gasteiger partial charge < -0.3 is 15.5 Å². The maximum Gasteiger partial charge on any atom is 0.145 e. The highest BCUT2D eigenvalue weighted by Gasteiger charge is 2.09. The van der Waals surface area contributed by atoms with Crippen molar-refractivity contribution in [3.05, 3.63) is 47.7 Å². The average molecular weight is 287 g/mol. The molecule has 0 bridgehead atoms. The van der Waals surface area contributed by atoms with Crippen LogP contribution in [0.5, 0.6) is 0 Å². The highest BCUT2D eigenvalue weighted by atomic mass is 16.1. The summed E-state index contributed by atoms with van der Waals surface area (Å²) in [4.78, 5) is 13.0. The minimum Gasteiger partial charge on any atom is -0.393 e. The molecule has 0 saturated carbocycles. The first-order valence-electron chi connectivity index (χ1n) is 7.05. The van der Waals surface area contributed by atoms with Crippen molar-refractivity contribution < 1.29 is 4.79 Å². The first kappa shape index (κ1) is 17.0. The number of anilines is 1. The maximum absolute atomic E-state index is 10.8. The number of hydrogen-bond donors (Lipinski definition) is 2. The van der Waals surface area contributed by atoms with Crippen LogP contribution in [0.1, 0.15) is 19.4 Å². The summed E-state index contributed by atoms with van der Waals surface area (Å²) in [6.07, 6.45) is 4.88. The molecule has 114 valence electrons. The molecule has 1 unspecified atom stereocenters. The van der Waals surface area contributed by atoms with Crippen molar-refractivity contribution in [1.82, 2.24) is 10.6 Å². The van der Waals surface area contributed by atoms with Crippen LogP contribution in [-0.2, 0) is 4.79 Å². The molecule has 0 aromatic heterocycles. The monoisotopic (exact) mass is 287 g/mol. The van der Waals surface area contributed by atoms with Gasteiger partial charge >= 0.3 is 0 Å². The quantitative estimate of drug-likeness (QED) is 0.350. The number of aldehydes is 1. The highest BCUT2D eigenvalue weighted by molar-refractivity contribution is 5.83. The van der Waals surface area contributed by atoms with E-state index < -0.39 is 0 Å². The van der Waals surface area contributed by atoms with Crippen molar-refractivity contribution in [2.75, 3.05) is 26.0 Å². The number of nitrogens with one attached hydrogen (secondary N) is 2. The van der Waals surface area contributed by atoms with E-state index in [0.29, 0.717) is 5.57 Å². The van der Waals surface area contributed by atoms with E-state index in [-0.39, 0.29) is 6.17 Å². The fourth-order valence-electron chi connectivity index (χ4n) is 1.97. The molecular weight excluding hydrogens is 262 g/mol. The lowest BCUT2D eigenvalue weighted by Gasteiger charge is -2.27. The second-order valence-corrected chi connectivity index (χ2v) is 5.02. The fraction of sp³-hybridized carbons (Fsp3) is 0.353. The van der Waals surface area contributed by atoms with Gasteiger partial charge in [-0.1, -0.05) is 12.1 Å². The Morgan fingerprint density at radius 2 is 2.05 bits per heavy atom. The van der Waals surface area contributed by atoms with Crippen LogP contribution in [0.2, 0.25) is 0 Å². The van der Waals surface area contributed by atoms with E-state index in [9.17, 15) is 4.79 Å². The maximum atomic E-state index is 10.8. The van der Waals surface area contributed by atoms with E-state index in [1.54, 1.807) is 6.92 Å². The molecule has 2 N–H and O–H groups in total. The number of carbonyl (C=O) groups excluding carboxylic acids is 1. The Balaban J connectivity index is 3.17. The van der Waals surface area contributed by atoms with E-state index in [4.69, 9.17) is 0 Å². The average Bonchev–Trinajstić information content (AvgIpc) is 2.52. The Hall–Kier alpha value is -2.07. The molecule has 21 heavy (non-hydrogen) atoms. The number of carbonyl (C=O) groups is 1. The molecule has 0 spiro atoms. The topological polar surface area (TPSA) is 44.4 Å². The van der Waals surface area contributed by atoms with Crippen LogP contribution in [0, 0.1) is 0 Å². The van der Waals surface area contributed by atoms with E-state index in [1.807, 2.05) is 45.6 Å². The zero-order valence-electron chi connectivity index (χ0n) is 13.5. The molecule has 0 aliphatic carbocycles. The van der Waals surface area contributed by atoms with Gasteiger partial charge in [0, 0.05) is 26.0 Å². The number of benzene rings is 1. The van der Waals surface area contributed by atoms with Crippen molar-refractivity contribution in [2.24, 2.45) is 0 Å². The van der Waals surface area contributed by atoms with Crippen molar-refractivity contribution in [3.63, 3.8) is 0 Å². The summed E-state index contributed by atoms with van der Waals surface area (Å²) in [5.74, 6) is 0. The zero-order chi connectivity index (χ0) is 15.8. The van der Waals surface area contributed by atoms with Gasteiger partial charge in [0.25, 0.3) is 0 Å². The molecular formula is C17H25N3O. The molecule has 1 atom stereocenters. The molecule has 4 nitrogen and oxygen atoms in total. The second-order valence-electron chi connectivity index (χ2n) is 5.02. The SMILES string of the molecule is CN/C=C(\C=C(\C)C=O)c1cccc(N(C)C(C)NC)c1. The van der Waals surface area contributed by atoms with Gasteiger partial charge in [0.2, 0.25) is 0 Å². The predicted octanol–water partition coefficient (Wildman–Crippen LogP) is 2.39. The van der Waals surface area contributed by atoms with Crippen LogP contribution in [0.4, 0.5) is 5.69 Å². The third-order valence-corrected chi connectivity index (χ3v) is 3.45. The number of nitrogens with zero attached hydrogens (tertiary/aromatic N) is 1. The minimum atomic E-state index is 0.240. The molecule has 1 aromatic rings. The summed E-state index contributed by atoms with van der Waals surface area (Å²) in [6.45, 7) is 3.91. The van der Waals surface area contributed by atoms with Gasteiger partial charge in [0.05, 0.1) is 6.17 Å². The van der Waals surface area contributed by atoms with Gasteiger partial charge in [-0.3, -0.25) is 4.79 Å². The summed E-state index contributed by atoms with van der Waals surface area (Å²) in [5.41, 5.74) is 3.86. The molecule has 0 radical (unpaired) electrons. The summed E-state index contributed by atoms with van der Waals surface area (Å²) in [6, 6.07) is 8.26. The van der Waals surface area contributed by atoms with Gasteiger partial charge in [-0.15, -0.1) is 0 Å². The molecule has 0 amide bonds. The van der Waals surface area contributed by atoms with Crippen LogP contribution in [0.15, 0.2) is 42.1 Å². The summed E-state index contributed by atoms with van der Waals surface area (Å²) in [7, 11) is 5.84. The van der Waals surface area contributed by atoms with Gasteiger partial charge in [0.1, 0.15) is 6.29 Å². The zero-order valence-corrected chi connectivity index (χ0v) is 13.5. The fourth-order valence-corrected chi connectivity index (χ4v) is 1.97.